The molecule has 0 saturated heterocycles. The van der Waals surface area contributed by atoms with Gasteiger partial charge in [-0.25, -0.2) is 4.79 Å². The fourth-order valence-corrected chi connectivity index (χ4v) is 2.65. The second-order valence-electron chi connectivity index (χ2n) is 6.41. The van der Waals surface area contributed by atoms with Gasteiger partial charge in [0.15, 0.2) is 5.78 Å². The van der Waals surface area contributed by atoms with E-state index >= 15 is 0 Å². The molecule has 2 rings (SSSR count). The minimum atomic E-state index is -0.463. The monoisotopic (exact) mass is 315 g/mol. The lowest BCUT2D eigenvalue weighted by atomic mass is 9.79. The second-order valence-corrected chi connectivity index (χ2v) is 6.41. The normalized spacial score (nSPS) is 16.5. The zero-order valence-corrected chi connectivity index (χ0v) is 13.6. The number of hydrogen-bond donors (Lipinski definition) is 1. The van der Waals surface area contributed by atoms with E-state index in [4.69, 9.17) is 4.74 Å². The van der Waals surface area contributed by atoms with E-state index in [1.807, 2.05) is 13.8 Å². The molecule has 1 N–H and O–H groups in total. The Labute approximate surface area is 135 Å². The third kappa shape index (κ3) is 4.52. The molecule has 0 heterocycles. The van der Waals surface area contributed by atoms with Crippen molar-refractivity contribution < 1.29 is 19.1 Å². The van der Waals surface area contributed by atoms with Crippen molar-refractivity contribution in [1.29, 1.82) is 0 Å². The fourth-order valence-electron chi connectivity index (χ4n) is 2.65. The van der Waals surface area contributed by atoms with E-state index in [0.717, 1.165) is 0 Å². The van der Waals surface area contributed by atoms with E-state index in [1.165, 1.54) is 12.1 Å². The maximum absolute atomic E-state index is 12.3. The van der Waals surface area contributed by atoms with E-state index in [-0.39, 0.29) is 23.7 Å². The van der Waals surface area contributed by atoms with Crippen LogP contribution in [0, 0.1) is 5.41 Å². The van der Waals surface area contributed by atoms with Crippen LogP contribution in [0.15, 0.2) is 36.0 Å². The molecule has 1 amide bonds. The van der Waals surface area contributed by atoms with Crippen molar-refractivity contribution in [2.75, 3.05) is 6.61 Å². The Morgan fingerprint density at radius 1 is 1.22 bits per heavy atom. The number of allylic oxidation sites excluding steroid dienone is 2. The summed E-state index contributed by atoms with van der Waals surface area (Å²) >= 11 is 0. The molecule has 0 fully saturated rings. The van der Waals surface area contributed by atoms with Crippen molar-refractivity contribution in [3.05, 3.63) is 47.2 Å². The van der Waals surface area contributed by atoms with Gasteiger partial charge in [0.05, 0.1) is 12.2 Å². The van der Waals surface area contributed by atoms with Crippen LogP contribution in [0.1, 0.15) is 54.3 Å². The van der Waals surface area contributed by atoms with Gasteiger partial charge in [-0.15, -0.1) is 0 Å². The van der Waals surface area contributed by atoms with Crippen LogP contribution in [0.25, 0.3) is 0 Å². The zero-order chi connectivity index (χ0) is 17.0. The first-order chi connectivity index (χ1) is 10.8. The summed E-state index contributed by atoms with van der Waals surface area (Å²) in [5.41, 5.74) is 1.12. The number of ether oxygens (including phenoxy) is 1. The summed E-state index contributed by atoms with van der Waals surface area (Å²) < 4.78 is 4.93. The molecule has 1 aliphatic rings. The molecule has 0 atom stereocenters. The Balaban J connectivity index is 2.14. The number of ketones is 1. The van der Waals surface area contributed by atoms with Crippen molar-refractivity contribution >= 4 is 17.7 Å². The summed E-state index contributed by atoms with van der Waals surface area (Å²) in [6, 6.07) is 6.34. The Kier molecular flexibility index (Phi) is 4.98. The molecule has 0 bridgehead atoms. The Hall–Kier alpha value is -2.43. The number of hydrogen-bond acceptors (Lipinski definition) is 4. The summed E-state index contributed by atoms with van der Waals surface area (Å²) in [7, 11) is 0. The van der Waals surface area contributed by atoms with Gasteiger partial charge in [0, 0.05) is 23.8 Å². The third-order valence-corrected chi connectivity index (χ3v) is 3.57. The summed E-state index contributed by atoms with van der Waals surface area (Å²) in [5, 5.41) is 2.77. The highest BCUT2D eigenvalue weighted by molar-refractivity contribution is 5.99. The quantitative estimate of drug-likeness (QED) is 0.867. The minimum absolute atomic E-state index is 0.0109. The lowest BCUT2D eigenvalue weighted by Crippen LogP contribution is -2.31. The number of rotatable bonds is 4. The van der Waals surface area contributed by atoms with Gasteiger partial charge in [0.2, 0.25) is 0 Å². The first kappa shape index (κ1) is 16.9. The Morgan fingerprint density at radius 3 is 2.57 bits per heavy atom. The standard InChI is InChI=1S/C18H21NO4/c1-4-23-17(22)13-7-5-6-12(8-13)16(21)19-14-9-15(20)11-18(2,3)10-14/h5-9H,4,10-11H2,1-3H3,(H,19,21). The van der Waals surface area contributed by atoms with Crippen LogP contribution in [-0.2, 0) is 9.53 Å². The van der Waals surface area contributed by atoms with Gasteiger partial charge in [-0.05, 0) is 37.0 Å². The first-order valence-corrected chi connectivity index (χ1v) is 7.63. The topological polar surface area (TPSA) is 72.5 Å². The predicted molar refractivity (Wildman–Crippen MR) is 86.0 cm³/mol. The van der Waals surface area contributed by atoms with E-state index in [1.54, 1.807) is 25.1 Å². The summed E-state index contributed by atoms with van der Waals surface area (Å²) in [4.78, 5) is 35.8. The molecule has 5 nitrogen and oxygen atoms in total. The van der Waals surface area contributed by atoms with Gasteiger partial charge in [-0.1, -0.05) is 19.9 Å². The molecule has 23 heavy (non-hydrogen) atoms. The van der Waals surface area contributed by atoms with E-state index in [2.05, 4.69) is 5.32 Å². The average Bonchev–Trinajstić information content (AvgIpc) is 2.45. The summed E-state index contributed by atoms with van der Waals surface area (Å²) in [6.07, 6.45) is 2.59. The number of carbonyl (C=O) groups is 3. The van der Waals surface area contributed by atoms with Gasteiger partial charge in [-0.2, -0.15) is 0 Å². The smallest absolute Gasteiger partial charge is 0.338 e. The highest BCUT2D eigenvalue weighted by Gasteiger charge is 2.28. The molecule has 0 unspecified atom stereocenters. The molecule has 5 heteroatoms. The molecule has 1 aliphatic carbocycles. The number of benzene rings is 1. The highest BCUT2D eigenvalue weighted by atomic mass is 16.5. The van der Waals surface area contributed by atoms with Crippen molar-refractivity contribution in [1.82, 2.24) is 5.32 Å². The molecule has 1 aromatic rings. The third-order valence-electron chi connectivity index (χ3n) is 3.57. The number of amides is 1. The van der Waals surface area contributed by atoms with Crippen LogP contribution in [0.5, 0.6) is 0 Å². The van der Waals surface area contributed by atoms with E-state index in [0.29, 0.717) is 29.7 Å². The maximum Gasteiger partial charge on any atom is 0.338 e. The number of carbonyl (C=O) groups excluding carboxylic acids is 3. The summed E-state index contributed by atoms with van der Waals surface area (Å²) in [5.74, 6) is -0.792. The van der Waals surface area contributed by atoms with Gasteiger partial charge in [0.1, 0.15) is 0 Å². The average molecular weight is 315 g/mol. The Bertz CT molecular complexity index is 673. The molecule has 0 aliphatic heterocycles. The van der Waals surface area contributed by atoms with Crippen LogP contribution in [-0.4, -0.2) is 24.3 Å². The first-order valence-electron chi connectivity index (χ1n) is 7.63. The molecular weight excluding hydrogens is 294 g/mol. The molecule has 122 valence electrons. The fraction of sp³-hybridized carbons (Fsp3) is 0.389. The van der Waals surface area contributed by atoms with Gasteiger partial charge in [0.25, 0.3) is 5.91 Å². The summed E-state index contributed by atoms with van der Waals surface area (Å²) in [6.45, 7) is 5.99. The molecule has 0 saturated carbocycles. The lowest BCUT2D eigenvalue weighted by molar-refractivity contribution is -0.117. The molecule has 0 radical (unpaired) electrons. The van der Waals surface area contributed by atoms with E-state index in [9.17, 15) is 14.4 Å². The Morgan fingerprint density at radius 2 is 1.91 bits per heavy atom. The van der Waals surface area contributed by atoms with Crippen molar-refractivity contribution in [3.8, 4) is 0 Å². The highest BCUT2D eigenvalue weighted by Crippen LogP contribution is 2.32. The van der Waals surface area contributed by atoms with E-state index < -0.39 is 5.97 Å². The number of nitrogens with one attached hydrogen (secondary N) is 1. The van der Waals surface area contributed by atoms with Crippen molar-refractivity contribution in [2.24, 2.45) is 5.41 Å². The molecule has 1 aromatic carbocycles. The molecular formula is C18H21NO4. The zero-order valence-electron chi connectivity index (χ0n) is 13.6. The number of esters is 1. The van der Waals surface area contributed by atoms with Gasteiger partial charge in [-0.3, -0.25) is 9.59 Å². The largest absolute Gasteiger partial charge is 0.462 e. The van der Waals surface area contributed by atoms with Crippen LogP contribution in [0.2, 0.25) is 0 Å². The lowest BCUT2D eigenvalue weighted by Gasteiger charge is -2.28. The van der Waals surface area contributed by atoms with Gasteiger partial charge >= 0.3 is 5.97 Å². The molecule has 0 spiro atoms. The van der Waals surface area contributed by atoms with Crippen molar-refractivity contribution in [3.63, 3.8) is 0 Å². The molecule has 0 aromatic heterocycles. The second kappa shape index (κ2) is 6.77. The maximum atomic E-state index is 12.3. The van der Waals surface area contributed by atoms with Crippen LogP contribution in [0.3, 0.4) is 0 Å². The van der Waals surface area contributed by atoms with Gasteiger partial charge < -0.3 is 10.1 Å². The van der Waals surface area contributed by atoms with Crippen LogP contribution >= 0.6 is 0 Å². The van der Waals surface area contributed by atoms with Crippen LogP contribution in [0.4, 0.5) is 0 Å². The minimum Gasteiger partial charge on any atom is -0.462 e. The predicted octanol–water partition coefficient (Wildman–Crippen LogP) is 2.87. The van der Waals surface area contributed by atoms with Crippen molar-refractivity contribution in [2.45, 2.75) is 33.6 Å². The van der Waals surface area contributed by atoms with Crippen LogP contribution < -0.4 is 5.32 Å². The SMILES string of the molecule is CCOC(=O)c1cccc(C(=O)NC2=CC(=O)CC(C)(C)C2)c1.